The van der Waals surface area contributed by atoms with Gasteiger partial charge in [0.05, 0.1) is 26.7 Å². The number of hydrogen-bond acceptors (Lipinski definition) is 4. The molecule has 2 amide bonds. The Morgan fingerprint density at radius 2 is 1.76 bits per heavy atom. The highest BCUT2D eigenvalue weighted by Crippen LogP contribution is 2.37. The zero-order chi connectivity index (χ0) is 23.4. The lowest BCUT2D eigenvalue weighted by molar-refractivity contribution is -0.122. The molecule has 3 aromatic rings. The first-order valence-electron chi connectivity index (χ1n) is 10.6. The van der Waals surface area contributed by atoms with Gasteiger partial charge in [-0.15, -0.1) is 0 Å². The molecule has 170 valence electrons. The van der Waals surface area contributed by atoms with E-state index in [9.17, 15) is 9.59 Å². The molecule has 1 aliphatic rings. The van der Waals surface area contributed by atoms with Gasteiger partial charge in [-0.1, -0.05) is 48.0 Å². The van der Waals surface area contributed by atoms with Crippen molar-refractivity contribution in [1.29, 1.82) is 0 Å². The number of carbonyl (C=O) groups excluding carboxylic acids is 2. The number of methoxy groups -OCH3 is 2. The van der Waals surface area contributed by atoms with Gasteiger partial charge in [-0.25, -0.2) is 0 Å². The van der Waals surface area contributed by atoms with Gasteiger partial charge in [0.1, 0.15) is 0 Å². The van der Waals surface area contributed by atoms with E-state index in [1.165, 1.54) is 0 Å². The quantitative estimate of drug-likeness (QED) is 0.522. The lowest BCUT2D eigenvalue weighted by Crippen LogP contribution is -2.34. The number of nitrogens with zero attached hydrogens (tertiary/aromatic N) is 1. The molecule has 1 N–H and O–H groups in total. The minimum Gasteiger partial charge on any atom is -0.493 e. The average Bonchev–Trinajstić information content (AvgIpc) is 3.18. The molecule has 0 spiro atoms. The van der Waals surface area contributed by atoms with Crippen LogP contribution in [0.5, 0.6) is 11.5 Å². The van der Waals surface area contributed by atoms with Gasteiger partial charge in [-0.05, 0) is 47.0 Å². The first-order valence-corrected chi connectivity index (χ1v) is 11.0. The molecule has 0 aromatic heterocycles. The maximum Gasteiger partial charge on any atom is 0.255 e. The van der Waals surface area contributed by atoms with Crippen molar-refractivity contribution in [3.05, 3.63) is 94.0 Å². The Morgan fingerprint density at radius 1 is 1.03 bits per heavy atom. The van der Waals surface area contributed by atoms with Crippen molar-refractivity contribution in [1.82, 2.24) is 10.2 Å². The number of rotatable bonds is 8. The zero-order valence-corrected chi connectivity index (χ0v) is 19.3. The normalized spacial score (nSPS) is 13.4. The zero-order valence-electron chi connectivity index (χ0n) is 18.5. The second kappa shape index (κ2) is 9.96. The fourth-order valence-electron chi connectivity index (χ4n) is 4.05. The molecule has 33 heavy (non-hydrogen) atoms. The molecule has 7 heteroatoms. The van der Waals surface area contributed by atoms with Crippen molar-refractivity contribution >= 4 is 23.4 Å². The van der Waals surface area contributed by atoms with Crippen LogP contribution in [0.15, 0.2) is 66.7 Å². The Balaban J connectivity index is 1.58. The largest absolute Gasteiger partial charge is 0.493 e. The van der Waals surface area contributed by atoms with Gasteiger partial charge in [0.15, 0.2) is 11.5 Å². The van der Waals surface area contributed by atoms with Crippen LogP contribution in [0.2, 0.25) is 5.02 Å². The van der Waals surface area contributed by atoms with E-state index in [1.807, 2.05) is 48.5 Å². The Morgan fingerprint density at radius 3 is 2.45 bits per heavy atom. The molecule has 0 saturated heterocycles. The summed E-state index contributed by atoms with van der Waals surface area (Å²) in [5.74, 6) is 0.887. The summed E-state index contributed by atoms with van der Waals surface area (Å²) in [6.07, 6.45) is 0.114. The number of amides is 2. The Bertz CT molecular complexity index is 1160. The molecular formula is C26H25ClN2O4. The summed E-state index contributed by atoms with van der Waals surface area (Å²) < 4.78 is 10.8. The number of fused-ring (bicyclic) bond motifs is 1. The van der Waals surface area contributed by atoms with E-state index in [2.05, 4.69) is 5.32 Å². The molecule has 0 fully saturated rings. The van der Waals surface area contributed by atoms with Crippen molar-refractivity contribution in [2.75, 3.05) is 14.2 Å². The third kappa shape index (κ3) is 4.96. The third-order valence-corrected chi connectivity index (χ3v) is 6.05. The predicted octanol–water partition coefficient (Wildman–Crippen LogP) is 4.76. The van der Waals surface area contributed by atoms with Crippen LogP contribution in [0.1, 0.15) is 39.5 Å². The molecule has 4 rings (SSSR count). The number of hydrogen-bond donors (Lipinski definition) is 1. The molecule has 0 aliphatic carbocycles. The maximum atomic E-state index is 13.2. The highest BCUT2D eigenvalue weighted by molar-refractivity contribution is 6.30. The van der Waals surface area contributed by atoms with Crippen LogP contribution in [0.4, 0.5) is 0 Å². The fraction of sp³-hybridized carbons (Fsp3) is 0.231. The van der Waals surface area contributed by atoms with Crippen molar-refractivity contribution < 1.29 is 19.1 Å². The van der Waals surface area contributed by atoms with Gasteiger partial charge in [0, 0.05) is 23.7 Å². The van der Waals surface area contributed by atoms with Gasteiger partial charge < -0.3 is 19.7 Å². The Kier molecular flexibility index (Phi) is 6.84. The number of benzene rings is 3. The highest BCUT2D eigenvalue weighted by Gasteiger charge is 2.34. The van der Waals surface area contributed by atoms with E-state index in [0.29, 0.717) is 35.2 Å². The van der Waals surface area contributed by atoms with Gasteiger partial charge in [-0.3, -0.25) is 9.59 Å². The van der Waals surface area contributed by atoms with Crippen molar-refractivity contribution in [3.63, 3.8) is 0 Å². The number of nitrogens with one attached hydrogen (secondary N) is 1. The molecule has 1 aliphatic heterocycles. The molecular weight excluding hydrogens is 440 g/mol. The van der Waals surface area contributed by atoms with E-state index < -0.39 is 6.04 Å². The van der Waals surface area contributed by atoms with E-state index >= 15 is 0 Å². The van der Waals surface area contributed by atoms with E-state index in [-0.39, 0.29) is 18.2 Å². The molecule has 1 atom stereocenters. The van der Waals surface area contributed by atoms with Crippen LogP contribution in [0, 0.1) is 0 Å². The lowest BCUT2D eigenvalue weighted by atomic mass is 10.0. The molecule has 0 radical (unpaired) electrons. The SMILES string of the molecule is COc1ccc([C@@H](CC(=O)NCc2ccc(Cl)cc2)N2Cc3ccccc3C2=O)cc1OC. The maximum absolute atomic E-state index is 13.2. The fourth-order valence-corrected chi connectivity index (χ4v) is 4.17. The first-order chi connectivity index (χ1) is 16.0. The van der Waals surface area contributed by atoms with Gasteiger partial charge >= 0.3 is 0 Å². The van der Waals surface area contributed by atoms with E-state index in [4.69, 9.17) is 21.1 Å². The van der Waals surface area contributed by atoms with Crippen LogP contribution in [-0.4, -0.2) is 30.9 Å². The third-order valence-electron chi connectivity index (χ3n) is 5.80. The standard InChI is InChI=1S/C26H25ClN2O4/c1-32-23-12-9-18(13-24(23)33-2)22(29-16-19-5-3-4-6-21(19)26(29)31)14-25(30)28-15-17-7-10-20(27)11-8-17/h3-13,22H,14-16H2,1-2H3,(H,28,30)/t22-/m1/s1. The van der Waals surface area contributed by atoms with E-state index in [0.717, 1.165) is 16.7 Å². The first kappa shape index (κ1) is 22.7. The average molecular weight is 465 g/mol. The molecule has 1 heterocycles. The monoisotopic (exact) mass is 464 g/mol. The summed E-state index contributed by atoms with van der Waals surface area (Å²) in [4.78, 5) is 27.9. The minimum atomic E-state index is -0.463. The highest BCUT2D eigenvalue weighted by atomic mass is 35.5. The summed E-state index contributed by atoms with van der Waals surface area (Å²) in [5, 5.41) is 3.60. The lowest BCUT2D eigenvalue weighted by Gasteiger charge is -2.28. The van der Waals surface area contributed by atoms with E-state index in [1.54, 1.807) is 37.3 Å². The molecule has 0 unspecified atom stereocenters. The van der Waals surface area contributed by atoms with Crippen molar-refractivity contribution in [3.8, 4) is 11.5 Å². The predicted molar refractivity (Wildman–Crippen MR) is 127 cm³/mol. The minimum absolute atomic E-state index is 0.0871. The second-order valence-corrected chi connectivity index (χ2v) is 8.26. The molecule has 0 saturated carbocycles. The van der Waals surface area contributed by atoms with Gasteiger partial charge in [0.2, 0.25) is 5.91 Å². The van der Waals surface area contributed by atoms with Crippen LogP contribution in [-0.2, 0) is 17.9 Å². The van der Waals surface area contributed by atoms with Crippen LogP contribution >= 0.6 is 11.6 Å². The Hall–Kier alpha value is -3.51. The van der Waals surface area contributed by atoms with Crippen molar-refractivity contribution in [2.45, 2.75) is 25.6 Å². The van der Waals surface area contributed by atoms with Crippen LogP contribution in [0.3, 0.4) is 0 Å². The number of carbonyl (C=O) groups is 2. The number of ether oxygens (including phenoxy) is 2. The summed E-state index contributed by atoms with van der Waals surface area (Å²) in [6, 6.07) is 19.9. The second-order valence-electron chi connectivity index (χ2n) is 7.83. The van der Waals surface area contributed by atoms with Crippen molar-refractivity contribution in [2.24, 2.45) is 0 Å². The van der Waals surface area contributed by atoms with Gasteiger partial charge in [-0.2, -0.15) is 0 Å². The summed E-state index contributed by atoms with van der Waals surface area (Å²) in [5.41, 5.74) is 3.37. The topological polar surface area (TPSA) is 67.9 Å². The number of halogens is 1. The summed E-state index contributed by atoms with van der Waals surface area (Å²) in [7, 11) is 3.13. The summed E-state index contributed by atoms with van der Waals surface area (Å²) in [6.45, 7) is 0.821. The van der Waals surface area contributed by atoms with Gasteiger partial charge in [0.25, 0.3) is 5.91 Å². The smallest absolute Gasteiger partial charge is 0.255 e. The van der Waals surface area contributed by atoms with Crippen LogP contribution < -0.4 is 14.8 Å². The van der Waals surface area contributed by atoms with Crippen LogP contribution in [0.25, 0.3) is 0 Å². The Labute approximate surface area is 198 Å². The molecule has 3 aromatic carbocycles. The summed E-state index contributed by atoms with van der Waals surface area (Å²) >= 11 is 5.94. The molecule has 0 bridgehead atoms. The molecule has 6 nitrogen and oxygen atoms in total.